The molecule has 0 saturated heterocycles. The Bertz CT molecular complexity index is 353. The Hall–Kier alpha value is -0.900. The van der Waals surface area contributed by atoms with Gasteiger partial charge in [0.15, 0.2) is 0 Å². The van der Waals surface area contributed by atoms with Crippen LogP contribution in [0.25, 0.3) is 0 Å². The van der Waals surface area contributed by atoms with Crippen molar-refractivity contribution >= 4 is 0 Å². The van der Waals surface area contributed by atoms with Crippen molar-refractivity contribution in [1.82, 2.24) is 20.3 Å². The number of aryl methyl sites for hydroxylation is 1. The summed E-state index contributed by atoms with van der Waals surface area (Å²) in [7, 11) is 2.03. The fraction of sp³-hybridized carbons (Fsp3) is 0.818. The van der Waals surface area contributed by atoms with Crippen LogP contribution in [0.1, 0.15) is 49.0 Å². The summed E-state index contributed by atoms with van der Waals surface area (Å²) in [5, 5.41) is 12.0. The molecule has 0 amide bonds. The molecule has 1 saturated carbocycles. The second-order valence-corrected chi connectivity index (χ2v) is 4.74. The molecule has 1 heterocycles. The highest BCUT2D eigenvalue weighted by atomic mass is 15.5. The van der Waals surface area contributed by atoms with E-state index in [1.807, 2.05) is 7.05 Å². The topological polar surface area (TPSA) is 42.7 Å². The molecule has 1 N–H and O–H groups in total. The molecule has 1 aromatic rings. The lowest BCUT2D eigenvalue weighted by molar-refractivity contribution is 0.475. The summed E-state index contributed by atoms with van der Waals surface area (Å²) in [6, 6.07) is 0.665. The quantitative estimate of drug-likeness (QED) is 0.809. The minimum atomic E-state index is 0.634. The van der Waals surface area contributed by atoms with E-state index in [0.29, 0.717) is 12.0 Å². The highest BCUT2D eigenvalue weighted by Gasteiger charge is 2.33. The molecule has 2 aliphatic carbocycles. The van der Waals surface area contributed by atoms with Gasteiger partial charge in [-0.15, -0.1) is 5.10 Å². The third kappa shape index (κ3) is 1.57. The first-order chi connectivity index (χ1) is 7.40. The Morgan fingerprint density at radius 3 is 3.00 bits per heavy atom. The molecular formula is C11H18N4. The van der Waals surface area contributed by atoms with Crippen LogP contribution in [0.4, 0.5) is 0 Å². The lowest BCUT2D eigenvalue weighted by Gasteiger charge is -2.22. The summed E-state index contributed by atoms with van der Waals surface area (Å²) in [5.41, 5.74) is 2.69. The van der Waals surface area contributed by atoms with Crippen molar-refractivity contribution in [1.29, 1.82) is 0 Å². The van der Waals surface area contributed by atoms with E-state index in [9.17, 15) is 0 Å². The zero-order chi connectivity index (χ0) is 10.3. The molecule has 2 aliphatic rings. The number of hydrogen-bond acceptors (Lipinski definition) is 3. The van der Waals surface area contributed by atoms with E-state index in [-0.39, 0.29) is 0 Å². The predicted octanol–water partition coefficient (Wildman–Crippen LogP) is 1.25. The Labute approximate surface area is 90.0 Å². The van der Waals surface area contributed by atoms with Crippen molar-refractivity contribution < 1.29 is 0 Å². The van der Waals surface area contributed by atoms with E-state index in [2.05, 4.69) is 20.3 Å². The number of rotatable bonds is 3. The normalized spacial score (nSPS) is 25.3. The smallest absolute Gasteiger partial charge is 0.0862 e. The maximum atomic E-state index is 4.34. The average Bonchev–Trinajstić information content (AvgIpc) is 3.00. The highest BCUT2D eigenvalue weighted by molar-refractivity contribution is 5.21. The molecule has 4 nitrogen and oxygen atoms in total. The van der Waals surface area contributed by atoms with Crippen LogP contribution in [0.15, 0.2) is 0 Å². The largest absolute Gasteiger partial charge is 0.319 e. The van der Waals surface area contributed by atoms with Gasteiger partial charge in [-0.05, 0) is 39.2 Å². The van der Waals surface area contributed by atoms with Crippen molar-refractivity contribution in [3.8, 4) is 0 Å². The third-order valence-corrected chi connectivity index (χ3v) is 3.50. The van der Waals surface area contributed by atoms with Crippen LogP contribution in [0.5, 0.6) is 0 Å². The van der Waals surface area contributed by atoms with E-state index in [0.717, 1.165) is 13.0 Å². The molecule has 4 heteroatoms. The zero-order valence-corrected chi connectivity index (χ0v) is 9.24. The van der Waals surface area contributed by atoms with Gasteiger partial charge in [0.2, 0.25) is 0 Å². The average molecular weight is 206 g/mol. The maximum absolute atomic E-state index is 4.34. The van der Waals surface area contributed by atoms with Crippen molar-refractivity contribution in [2.45, 2.75) is 44.1 Å². The first kappa shape index (κ1) is 9.33. The molecule has 0 aliphatic heterocycles. The van der Waals surface area contributed by atoms with Gasteiger partial charge in [0.1, 0.15) is 0 Å². The van der Waals surface area contributed by atoms with Crippen LogP contribution in [-0.4, -0.2) is 28.6 Å². The molecule has 1 atom stereocenters. The van der Waals surface area contributed by atoms with Gasteiger partial charge in [0.25, 0.3) is 0 Å². The molecular weight excluding hydrogens is 188 g/mol. The second-order valence-electron chi connectivity index (χ2n) is 4.74. The summed E-state index contributed by atoms with van der Waals surface area (Å²) in [6.07, 6.45) is 6.27. The monoisotopic (exact) mass is 206 g/mol. The van der Waals surface area contributed by atoms with E-state index >= 15 is 0 Å². The van der Waals surface area contributed by atoms with Crippen molar-refractivity contribution in [2.24, 2.45) is 0 Å². The maximum Gasteiger partial charge on any atom is 0.0862 e. The van der Waals surface area contributed by atoms with Gasteiger partial charge in [0, 0.05) is 12.5 Å². The van der Waals surface area contributed by atoms with Crippen molar-refractivity contribution in [2.75, 3.05) is 13.6 Å². The SMILES string of the molecule is CNCC1CCCc2nnn(C3CC3)c21. The Kier molecular flexibility index (Phi) is 2.24. The van der Waals surface area contributed by atoms with Crippen molar-refractivity contribution in [3.05, 3.63) is 11.4 Å². The standard InChI is InChI=1S/C11H18N4/c1-12-7-8-3-2-4-10-11(8)15(14-13-10)9-5-6-9/h8-9,12H,2-7H2,1H3. The minimum Gasteiger partial charge on any atom is -0.319 e. The number of aromatic nitrogens is 3. The van der Waals surface area contributed by atoms with Gasteiger partial charge in [0.05, 0.1) is 17.4 Å². The molecule has 15 heavy (non-hydrogen) atoms. The van der Waals surface area contributed by atoms with Crippen LogP contribution in [0.2, 0.25) is 0 Å². The summed E-state index contributed by atoms with van der Waals surface area (Å²) in [5.74, 6) is 0.634. The van der Waals surface area contributed by atoms with E-state index in [1.165, 1.54) is 37.1 Å². The Balaban J connectivity index is 1.95. The first-order valence-electron chi connectivity index (χ1n) is 5.98. The molecule has 82 valence electrons. The van der Waals surface area contributed by atoms with Gasteiger partial charge >= 0.3 is 0 Å². The molecule has 0 bridgehead atoms. The summed E-state index contributed by atoms with van der Waals surface area (Å²) in [4.78, 5) is 0. The van der Waals surface area contributed by atoms with Crippen LogP contribution >= 0.6 is 0 Å². The fourth-order valence-corrected chi connectivity index (χ4v) is 2.62. The predicted molar refractivity (Wildman–Crippen MR) is 57.9 cm³/mol. The molecule has 1 aromatic heterocycles. The Morgan fingerprint density at radius 2 is 2.27 bits per heavy atom. The third-order valence-electron chi connectivity index (χ3n) is 3.50. The molecule has 0 radical (unpaired) electrons. The Morgan fingerprint density at radius 1 is 1.40 bits per heavy atom. The molecule has 1 fully saturated rings. The lowest BCUT2D eigenvalue weighted by atomic mass is 9.89. The number of fused-ring (bicyclic) bond motifs is 1. The summed E-state index contributed by atoms with van der Waals surface area (Å²) < 4.78 is 2.20. The minimum absolute atomic E-state index is 0.634. The summed E-state index contributed by atoms with van der Waals surface area (Å²) >= 11 is 0. The number of hydrogen-bond donors (Lipinski definition) is 1. The number of nitrogens with zero attached hydrogens (tertiary/aromatic N) is 3. The highest BCUT2D eigenvalue weighted by Crippen LogP contribution is 2.39. The van der Waals surface area contributed by atoms with Gasteiger partial charge < -0.3 is 5.32 Å². The fourth-order valence-electron chi connectivity index (χ4n) is 2.62. The van der Waals surface area contributed by atoms with Crippen molar-refractivity contribution in [3.63, 3.8) is 0 Å². The van der Waals surface area contributed by atoms with Gasteiger partial charge in [-0.1, -0.05) is 5.21 Å². The molecule has 0 spiro atoms. The summed E-state index contributed by atoms with van der Waals surface area (Å²) in [6.45, 7) is 1.06. The van der Waals surface area contributed by atoms with E-state index in [4.69, 9.17) is 0 Å². The van der Waals surface area contributed by atoms with E-state index < -0.39 is 0 Å². The van der Waals surface area contributed by atoms with Gasteiger partial charge in [-0.2, -0.15) is 0 Å². The van der Waals surface area contributed by atoms with Gasteiger partial charge in [-0.3, -0.25) is 0 Å². The molecule has 0 aromatic carbocycles. The molecule has 3 rings (SSSR count). The number of likely N-dealkylation sites (N-methyl/N-ethyl adjacent to an activating group) is 1. The second kappa shape index (κ2) is 3.59. The van der Waals surface area contributed by atoms with Crippen LogP contribution in [0.3, 0.4) is 0 Å². The lowest BCUT2D eigenvalue weighted by Crippen LogP contribution is -2.23. The van der Waals surface area contributed by atoms with E-state index in [1.54, 1.807) is 0 Å². The van der Waals surface area contributed by atoms with Crippen LogP contribution < -0.4 is 5.32 Å². The number of nitrogens with one attached hydrogen (secondary N) is 1. The molecule has 1 unspecified atom stereocenters. The first-order valence-corrected chi connectivity index (χ1v) is 5.98. The van der Waals surface area contributed by atoms with Crippen LogP contribution in [-0.2, 0) is 6.42 Å². The van der Waals surface area contributed by atoms with Crippen LogP contribution in [0, 0.1) is 0 Å². The zero-order valence-electron chi connectivity index (χ0n) is 9.24. The van der Waals surface area contributed by atoms with Gasteiger partial charge in [-0.25, -0.2) is 4.68 Å².